The van der Waals surface area contributed by atoms with E-state index in [2.05, 4.69) is 26.3 Å². The first-order chi connectivity index (χ1) is 14.2. The Bertz CT molecular complexity index is 1280. The van der Waals surface area contributed by atoms with Crippen LogP contribution in [0.5, 0.6) is 0 Å². The summed E-state index contributed by atoms with van der Waals surface area (Å²) in [6, 6.07) is 14.4. The fraction of sp³-hybridized carbons (Fsp3) is 0.100. The fourth-order valence-corrected chi connectivity index (χ4v) is 4.03. The van der Waals surface area contributed by atoms with Crippen LogP contribution in [0.1, 0.15) is 17.3 Å². The summed E-state index contributed by atoms with van der Waals surface area (Å²) in [4.78, 5) is 35.9. The van der Waals surface area contributed by atoms with Crippen LogP contribution >= 0.6 is 15.9 Å². The molecular formula is C20H16BrN3O5S. The maximum atomic E-state index is 12.8. The van der Waals surface area contributed by atoms with Crippen molar-refractivity contribution in [2.24, 2.45) is 0 Å². The van der Waals surface area contributed by atoms with Gasteiger partial charge in [-0.3, -0.25) is 14.4 Å². The third-order valence-electron chi connectivity index (χ3n) is 4.09. The molecule has 30 heavy (non-hydrogen) atoms. The number of aromatic nitrogens is 2. The highest BCUT2D eigenvalue weighted by Crippen LogP contribution is 2.20. The van der Waals surface area contributed by atoms with E-state index < -0.39 is 27.8 Å². The summed E-state index contributed by atoms with van der Waals surface area (Å²) < 4.78 is 27.0. The molecule has 154 valence electrons. The van der Waals surface area contributed by atoms with Crippen LogP contribution in [0.2, 0.25) is 0 Å². The number of anilines is 1. The Morgan fingerprint density at radius 2 is 1.77 bits per heavy atom. The zero-order valence-corrected chi connectivity index (χ0v) is 18.1. The van der Waals surface area contributed by atoms with Gasteiger partial charge in [-0.1, -0.05) is 28.1 Å². The Kier molecular flexibility index (Phi) is 6.28. The summed E-state index contributed by atoms with van der Waals surface area (Å²) in [7, 11) is -3.97. The van der Waals surface area contributed by atoms with E-state index in [4.69, 9.17) is 0 Å². The van der Waals surface area contributed by atoms with E-state index >= 15 is 0 Å². The summed E-state index contributed by atoms with van der Waals surface area (Å²) >= 11 is 3.24. The number of hydrogen-bond donors (Lipinski definition) is 1. The van der Waals surface area contributed by atoms with Crippen LogP contribution in [-0.2, 0) is 21.2 Å². The molecule has 0 aliphatic rings. The number of amides is 1. The van der Waals surface area contributed by atoms with Crippen molar-refractivity contribution in [2.45, 2.75) is 23.4 Å². The molecule has 8 nitrogen and oxygen atoms in total. The summed E-state index contributed by atoms with van der Waals surface area (Å²) in [5, 5.41) is 6.07. The van der Waals surface area contributed by atoms with E-state index in [1.54, 1.807) is 30.3 Å². The average Bonchev–Trinajstić information content (AvgIpc) is 2.70. The molecule has 0 saturated carbocycles. The highest BCUT2D eigenvalue weighted by molar-refractivity contribution is 9.10. The number of carbonyl (C=O) groups excluding carboxylic acids is 2. The van der Waals surface area contributed by atoms with E-state index in [0.717, 1.165) is 16.8 Å². The van der Waals surface area contributed by atoms with E-state index in [9.17, 15) is 22.8 Å². The van der Waals surface area contributed by atoms with Gasteiger partial charge in [0.25, 0.3) is 5.56 Å². The third-order valence-corrected chi connectivity index (χ3v) is 6.28. The molecule has 0 fully saturated rings. The summed E-state index contributed by atoms with van der Waals surface area (Å²) in [5.41, 5.74) is 0.169. The summed E-state index contributed by atoms with van der Waals surface area (Å²) in [6.45, 7) is 0.911. The quantitative estimate of drug-likeness (QED) is 0.532. The summed E-state index contributed by atoms with van der Waals surface area (Å²) in [6.07, 6.45) is 0. The lowest BCUT2D eigenvalue weighted by atomic mass is 10.1. The second-order valence-corrected chi connectivity index (χ2v) is 9.12. The van der Waals surface area contributed by atoms with Gasteiger partial charge >= 0.3 is 0 Å². The van der Waals surface area contributed by atoms with Crippen LogP contribution in [0, 0.1) is 0 Å². The van der Waals surface area contributed by atoms with Gasteiger partial charge in [0.2, 0.25) is 15.7 Å². The highest BCUT2D eigenvalue weighted by Gasteiger charge is 2.21. The predicted molar refractivity (Wildman–Crippen MR) is 113 cm³/mol. The molecule has 0 atom stereocenters. The van der Waals surface area contributed by atoms with Gasteiger partial charge < -0.3 is 5.32 Å². The van der Waals surface area contributed by atoms with E-state index in [-0.39, 0.29) is 15.7 Å². The number of ketones is 1. The first kappa shape index (κ1) is 21.6. The lowest BCUT2D eigenvalue weighted by Gasteiger charge is -2.09. The van der Waals surface area contributed by atoms with E-state index in [1.165, 1.54) is 25.1 Å². The molecule has 2 aromatic carbocycles. The SMILES string of the molecule is CC(=O)c1cccc(NC(=O)Cn2nc(S(=O)(=O)c3ccc(Br)cc3)ccc2=O)c1. The molecule has 0 spiro atoms. The molecule has 3 rings (SSSR count). The van der Waals surface area contributed by atoms with E-state index in [1.807, 2.05) is 0 Å². The molecule has 10 heteroatoms. The van der Waals surface area contributed by atoms with Gasteiger partial charge in [-0.25, -0.2) is 13.1 Å². The zero-order valence-electron chi connectivity index (χ0n) is 15.7. The Hall–Kier alpha value is -3.11. The van der Waals surface area contributed by atoms with E-state index in [0.29, 0.717) is 15.7 Å². The smallest absolute Gasteiger partial charge is 0.267 e. The first-order valence-corrected chi connectivity index (χ1v) is 10.9. The number of halogens is 1. The van der Waals surface area contributed by atoms with Crippen molar-refractivity contribution in [3.63, 3.8) is 0 Å². The van der Waals surface area contributed by atoms with Crippen LogP contribution in [0.25, 0.3) is 0 Å². The van der Waals surface area contributed by atoms with Gasteiger partial charge in [0.15, 0.2) is 10.8 Å². The maximum Gasteiger partial charge on any atom is 0.267 e. The minimum Gasteiger partial charge on any atom is -0.324 e. The number of carbonyl (C=O) groups is 2. The molecule has 1 amide bonds. The van der Waals surface area contributed by atoms with Gasteiger partial charge in [0.1, 0.15) is 6.54 Å². The lowest BCUT2D eigenvalue weighted by molar-refractivity contribution is -0.117. The topological polar surface area (TPSA) is 115 Å². The number of rotatable bonds is 6. The molecule has 0 aliphatic heterocycles. The van der Waals surface area contributed by atoms with Crippen LogP contribution in [0.3, 0.4) is 0 Å². The van der Waals surface area contributed by atoms with Crippen molar-refractivity contribution in [2.75, 3.05) is 5.32 Å². The summed E-state index contributed by atoms with van der Waals surface area (Å²) in [5.74, 6) is -0.752. The van der Waals surface area contributed by atoms with Gasteiger partial charge in [-0.2, -0.15) is 5.10 Å². The standard InChI is InChI=1S/C20H16BrN3O5S/c1-13(25)14-3-2-4-16(11-14)22-18(26)12-24-20(27)10-9-19(23-24)30(28,29)17-7-5-15(21)6-8-17/h2-11H,12H2,1H3,(H,22,26). The second kappa shape index (κ2) is 8.72. The molecule has 3 aromatic rings. The van der Waals surface area contributed by atoms with Crippen molar-refractivity contribution in [3.05, 3.63) is 81.1 Å². The monoisotopic (exact) mass is 489 g/mol. The number of nitrogens with one attached hydrogen (secondary N) is 1. The Labute approximate surface area is 180 Å². The molecular weight excluding hydrogens is 474 g/mol. The average molecular weight is 490 g/mol. The number of nitrogens with zero attached hydrogens (tertiary/aromatic N) is 2. The minimum atomic E-state index is -3.97. The lowest BCUT2D eigenvalue weighted by Crippen LogP contribution is -2.30. The molecule has 0 radical (unpaired) electrons. The van der Waals surface area contributed by atoms with Crippen molar-refractivity contribution in [1.29, 1.82) is 0 Å². The molecule has 1 aromatic heterocycles. The number of sulfone groups is 1. The number of benzene rings is 2. The number of Topliss-reactive ketones (excluding diaryl/α,β-unsaturated/α-hetero) is 1. The van der Waals surface area contributed by atoms with Gasteiger partial charge in [-0.05, 0) is 49.4 Å². The number of hydrogen-bond acceptors (Lipinski definition) is 6. The normalized spacial score (nSPS) is 11.1. The van der Waals surface area contributed by atoms with Gasteiger partial charge in [0, 0.05) is 21.8 Å². The minimum absolute atomic E-state index is 0.00824. The van der Waals surface area contributed by atoms with Gasteiger partial charge in [0.05, 0.1) is 4.90 Å². The van der Waals surface area contributed by atoms with Crippen molar-refractivity contribution in [1.82, 2.24) is 9.78 Å². The third kappa shape index (κ3) is 4.89. The highest BCUT2D eigenvalue weighted by atomic mass is 79.9. The second-order valence-electron chi connectivity index (χ2n) is 6.31. The molecule has 0 bridgehead atoms. The molecule has 0 unspecified atom stereocenters. The fourth-order valence-electron chi connectivity index (χ4n) is 2.57. The van der Waals surface area contributed by atoms with Crippen molar-refractivity contribution >= 4 is 43.1 Å². The Morgan fingerprint density at radius 1 is 1.07 bits per heavy atom. The van der Waals surface area contributed by atoms with Crippen molar-refractivity contribution < 1.29 is 18.0 Å². The maximum absolute atomic E-state index is 12.8. The van der Waals surface area contributed by atoms with Crippen LogP contribution in [0.4, 0.5) is 5.69 Å². The molecule has 0 saturated heterocycles. The largest absolute Gasteiger partial charge is 0.324 e. The molecule has 0 aliphatic carbocycles. The van der Waals surface area contributed by atoms with Crippen LogP contribution in [0.15, 0.2) is 79.9 Å². The van der Waals surface area contributed by atoms with Gasteiger partial charge in [-0.15, -0.1) is 0 Å². The molecule has 1 N–H and O–H groups in total. The first-order valence-electron chi connectivity index (χ1n) is 8.66. The Balaban J connectivity index is 1.84. The van der Waals surface area contributed by atoms with Crippen LogP contribution in [-0.4, -0.2) is 29.9 Å². The Morgan fingerprint density at radius 3 is 2.43 bits per heavy atom. The zero-order chi connectivity index (χ0) is 21.9. The molecule has 1 heterocycles. The van der Waals surface area contributed by atoms with Crippen LogP contribution < -0.4 is 10.9 Å². The van der Waals surface area contributed by atoms with Crippen molar-refractivity contribution in [3.8, 4) is 0 Å². The predicted octanol–water partition coefficient (Wildman–Crippen LogP) is 2.68.